The van der Waals surface area contributed by atoms with Crippen LogP contribution in [0, 0.1) is 11.8 Å². The van der Waals surface area contributed by atoms with Crippen molar-refractivity contribution in [1.29, 1.82) is 0 Å². The molecule has 0 aromatic rings. The fraction of sp³-hybridized carbons (Fsp3) is 1.00. The van der Waals surface area contributed by atoms with Crippen LogP contribution in [0.15, 0.2) is 0 Å². The van der Waals surface area contributed by atoms with Gasteiger partial charge < -0.3 is 15.3 Å². The van der Waals surface area contributed by atoms with E-state index in [1.165, 1.54) is 32.4 Å². The van der Waals surface area contributed by atoms with Crippen molar-refractivity contribution < 1.29 is 5.11 Å². The van der Waals surface area contributed by atoms with Gasteiger partial charge in [-0.1, -0.05) is 13.8 Å². The Labute approximate surface area is 112 Å². The summed E-state index contributed by atoms with van der Waals surface area (Å²) in [5, 5.41) is 13.2. The van der Waals surface area contributed by atoms with Crippen LogP contribution in [-0.2, 0) is 0 Å². The topological polar surface area (TPSA) is 35.5 Å². The summed E-state index contributed by atoms with van der Waals surface area (Å²) in [5.41, 5.74) is -0.0783. The molecule has 0 aromatic heterocycles. The van der Waals surface area contributed by atoms with Gasteiger partial charge in [0.2, 0.25) is 0 Å². The molecule has 18 heavy (non-hydrogen) atoms. The van der Waals surface area contributed by atoms with Crippen molar-refractivity contribution in [1.82, 2.24) is 10.2 Å². The van der Waals surface area contributed by atoms with E-state index in [4.69, 9.17) is 0 Å². The summed E-state index contributed by atoms with van der Waals surface area (Å²) < 4.78 is 0. The van der Waals surface area contributed by atoms with Gasteiger partial charge in [0.15, 0.2) is 0 Å². The second kappa shape index (κ2) is 5.89. The smallest absolute Gasteiger partial charge is 0.0611 e. The van der Waals surface area contributed by atoms with Crippen molar-refractivity contribution in [3.8, 4) is 0 Å². The first-order valence-electron chi connectivity index (χ1n) is 7.61. The van der Waals surface area contributed by atoms with Crippen LogP contribution in [0.2, 0.25) is 0 Å². The van der Waals surface area contributed by atoms with E-state index in [0.717, 1.165) is 24.8 Å². The minimum Gasteiger partial charge on any atom is -0.394 e. The third-order valence-electron chi connectivity index (χ3n) is 4.40. The molecule has 1 saturated carbocycles. The van der Waals surface area contributed by atoms with Crippen molar-refractivity contribution in [3.05, 3.63) is 0 Å². The maximum Gasteiger partial charge on any atom is 0.0611 e. The molecule has 0 amide bonds. The van der Waals surface area contributed by atoms with Gasteiger partial charge in [-0.2, -0.15) is 0 Å². The molecule has 3 atom stereocenters. The van der Waals surface area contributed by atoms with Crippen molar-refractivity contribution in [2.24, 2.45) is 11.8 Å². The molecule has 3 heteroatoms. The standard InChI is InChI=1S/C15H30N2O/c1-12-8-13(2)10-17(9-12)7-6-15(3,11-18)16-14-4-5-14/h12-14,16,18H,4-11H2,1-3H3. The Kier molecular flexibility index (Phi) is 4.68. The molecule has 3 unspecified atom stereocenters. The molecule has 1 aliphatic carbocycles. The number of hydrogen-bond acceptors (Lipinski definition) is 3. The molecular formula is C15H30N2O. The lowest BCUT2D eigenvalue weighted by Crippen LogP contribution is -2.50. The van der Waals surface area contributed by atoms with Gasteiger partial charge in [0.25, 0.3) is 0 Å². The monoisotopic (exact) mass is 254 g/mol. The number of aliphatic hydroxyl groups excluding tert-OH is 1. The molecule has 0 aromatic carbocycles. The summed E-state index contributed by atoms with van der Waals surface area (Å²) in [4.78, 5) is 2.58. The van der Waals surface area contributed by atoms with E-state index >= 15 is 0 Å². The third kappa shape index (κ3) is 4.22. The second-order valence-electron chi connectivity index (χ2n) is 7.09. The summed E-state index contributed by atoms with van der Waals surface area (Å²) in [6.45, 7) is 10.7. The van der Waals surface area contributed by atoms with Gasteiger partial charge in [0, 0.05) is 24.7 Å². The largest absolute Gasteiger partial charge is 0.394 e. The van der Waals surface area contributed by atoms with Crippen molar-refractivity contribution in [2.75, 3.05) is 26.2 Å². The molecule has 1 aliphatic heterocycles. The average Bonchev–Trinajstić information content (AvgIpc) is 3.09. The Balaban J connectivity index is 1.77. The first kappa shape index (κ1) is 14.3. The highest BCUT2D eigenvalue weighted by Gasteiger charge is 2.32. The molecule has 0 spiro atoms. The van der Waals surface area contributed by atoms with E-state index in [1.54, 1.807) is 0 Å². The maximum atomic E-state index is 9.61. The first-order valence-corrected chi connectivity index (χ1v) is 7.61. The Morgan fingerprint density at radius 2 is 1.83 bits per heavy atom. The van der Waals surface area contributed by atoms with Gasteiger partial charge in [-0.3, -0.25) is 0 Å². The third-order valence-corrected chi connectivity index (χ3v) is 4.40. The Bertz CT molecular complexity index is 257. The van der Waals surface area contributed by atoms with Crippen molar-refractivity contribution >= 4 is 0 Å². The molecular weight excluding hydrogens is 224 g/mol. The summed E-state index contributed by atoms with van der Waals surface area (Å²) >= 11 is 0. The van der Waals surface area contributed by atoms with Crippen LogP contribution in [0.4, 0.5) is 0 Å². The number of nitrogens with zero attached hydrogens (tertiary/aromatic N) is 1. The van der Waals surface area contributed by atoms with Gasteiger partial charge in [-0.25, -0.2) is 0 Å². The van der Waals surface area contributed by atoms with Crippen LogP contribution in [0.1, 0.15) is 46.5 Å². The molecule has 106 valence electrons. The van der Waals surface area contributed by atoms with E-state index in [-0.39, 0.29) is 12.1 Å². The maximum absolute atomic E-state index is 9.61. The molecule has 2 rings (SSSR count). The van der Waals surface area contributed by atoms with E-state index in [1.807, 2.05) is 0 Å². The average molecular weight is 254 g/mol. The number of likely N-dealkylation sites (tertiary alicyclic amines) is 1. The number of hydrogen-bond donors (Lipinski definition) is 2. The molecule has 2 N–H and O–H groups in total. The summed E-state index contributed by atoms with van der Waals surface area (Å²) in [6.07, 6.45) is 4.99. The fourth-order valence-electron chi connectivity index (χ4n) is 3.30. The van der Waals surface area contributed by atoms with Crippen molar-refractivity contribution in [2.45, 2.75) is 58.0 Å². The highest BCUT2D eigenvalue weighted by molar-refractivity contribution is 4.93. The minimum absolute atomic E-state index is 0.0783. The molecule has 1 saturated heterocycles. The predicted octanol–water partition coefficient (Wildman–Crippen LogP) is 1.86. The molecule has 0 bridgehead atoms. The first-order chi connectivity index (χ1) is 8.50. The van der Waals surface area contributed by atoms with Gasteiger partial charge in [0.05, 0.1) is 6.61 Å². The lowest BCUT2D eigenvalue weighted by molar-refractivity contribution is 0.106. The number of piperidine rings is 1. The highest BCUT2D eigenvalue weighted by Crippen LogP contribution is 2.25. The van der Waals surface area contributed by atoms with Gasteiger partial charge in [-0.05, 0) is 51.0 Å². The molecule has 2 aliphatic rings. The molecule has 2 fully saturated rings. The van der Waals surface area contributed by atoms with E-state index < -0.39 is 0 Å². The van der Waals surface area contributed by atoms with E-state index in [2.05, 4.69) is 31.0 Å². The molecule has 0 radical (unpaired) electrons. The summed E-state index contributed by atoms with van der Waals surface area (Å²) in [5.74, 6) is 1.65. The SMILES string of the molecule is CC1CC(C)CN(CCC(C)(CO)NC2CC2)C1. The van der Waals surface area contributed by atoms with Crippen LogP contribution >= 0.6 is 0 Å². The van der Waals surface area contributed by atoms with Crippen LogP contribution in [0.3, 0.4) is 0 Å². The normalized spacial score (nSPS) is 33.3. The highest BCUT2D eigenvalue weighted by atomic mass is 16.3. The molecule has 1 heterocycles. The quantitative estimate of drug-likeness (QED) is 0.759. The number of nitrogens with one attached hydrogen (secondary N) is 1. The lowest BCUT2D eigenvalue weighted by Gasteiger charge is -2.38. The van der Waals surface area contributed by atoms with Gasteiger partial charge in [-0.15, -0.1) is 0 Å². The van der Waals surface area contributed by atoms with Gasteiger partial charge in [0.1, 0.15) is 0 Å². The minimum atomic E-state index is -0.0783. The van der Waals surface area contributed by atoms with E-state index in [9.17, 15) is 5.11 Å². The zero-order valence-electron chi connectivity index (χ0n) is 12.3. The van der Waals surface area contributed by atoms with Crippen molar-refractivity contribution in [3.63, 3.8) is 0 Å². The van der Waals surface area contributed by atoms with Crippen LogP contribution < -0.4 is 5.32 Å². The predicted molar refractivity (Wildman–Crippen MR) is 75.7 cm³/mol. The Morgan fingerprint density at radius 1 is 1.22 bits per heavy atom. The van der Waals surface area contributed by atoms with Gasteiger partial charge >= 0.3 is 0 Å². The van der Waals surface area contributed by atoms with E-state index in [0.29, 0.717) is 6.04 Å². The summed E-state index contributed by atoms with van der Waals surface area (Å²) in [6, 6.07) is 0.668. The zero-order chi connectivity index (χ0) is 13.2. The number of aliphatic hydroxyl groups is 1. The zero-order valence-corrected chi connectivity index (χ0v) is 12.3. The van der Waals surface area contributed by atoms with Crippen LogP contribution in [-0.4, -0.2) is 47.8 Å². The Hall–Kier alpha value is -0.120. The fourth-order valence-corrected chi connectivity index (χ4v) is 3.30. The number of rotatable bonds is 6. The summed E-state index contributed by atoms with van der Waals surface area (Å²) in [7, 11) is 0. The van der Waals surface area contributed by atoms with Crippen LogP contribution in [0.5, 0.6) is 0 Å². The molecule has 3 nitrogen and oxygen atoms in total. The Morgan fingerprint density at radius 3 is 2.33 bits per heavy atom. The lowest BCUT2D eigenvalue weighted by atomic mass is 9.90. The second-order valence-corrected chi connectivity index (χ2v) is 7.09. The van der Waals surface area contributed by atoms with Crippen LogP contribution in [0.25, 0.3) is 0 Å².